The highest BCUT2D eigenvalue weighted by molar-refractivity contribution is 5.80. The molecule has 2 N–H and O–H groups in total. The van der Waals surface area contributed by atoms with E-state index in [0.29, 0.717) is 0 Å². The van der Waals surface area contributed by atoms with Crippen LogP contribution >= 0.6 is 0 Å². The number of carboxylic acid groups (broad SMARTS) is 1. The highest BCUT2D eigenvalue weighted by atomic mass is 17.1. The minimum atomic E-state index is -0.943. The van der Waals surface area contributed by atoms with Crippen LogP contribution in [0, 0.1) is 0 Å². The van der Waals surface area contributed by atoms with Gasteiger partial charge in [-0.2, -0.15) is 0 Å². The van der Waals surface area contributed by atoms with Crippen molar-refractivity contribution in [2.24, 2.45) is 0 Å². The van der Waals surface area contributed by atoms with E-state index >= 15 is 0 Å². The Morgan fingerprint density at radius 1 is 1.00 bits per heavy atom. The summed E-state index contributed by atoms with van der Waals surface area (Å²) in [6.07, 6.45) is 19.7. The minimum absolute atomic E-state index is 0.122. The maximum absolute atomic E-state index is 10.2. The van der Waals surface area contributed by atoms with Crippen molar-refractivity contribution >= 4 is 5.97 Å². The fourth-order valence-electron chi connectivity index (χ4n) is 2.06. The second-order valence-electron chi connectivity index (χ2n) is 5.33. The number of hydrogen-bond acceptors (Lipinski definition) is 3. The molecule has 0 aromatic rings. The number of allylic oxidation sites excluding steroid dienone is 5. The third-order valence-corrected chi connectivity index (χ3v) is 3.33. The molecule has 0 fully saturated rings. The second kappa shape index (κ2) is 16.0. The van der Waals surface area contributed by atoms with E-state index in [1.54, 1.807) is 6.08 Å². The van der Waals surface area contributed by atoms with E-state index in [1.807, 2.05) is 6.08 Å². The summed E-state index contributed by atoms with van der Waals surface area (Å²) in [5.74, 6) is -0.943. The quantitative estimate of drug-likeness (QED) is 0.117. The largest absolute Gasteiger partial charge is 0.478 e. The van der Waals surface area contributed by atoms with Gasteiger partial charge >= 0.3 is 5.97 Å². The Morgan fingerprint density at radius 2 is 1.73 bits per heavy atom. The van der Waals surface area contributed by atoms with Gasteiger partial charge in [0.25, 0.3) is 0 Å². The van der Waals surface area contributed by atoms with Gasteiger partial charge in [-0.05, 0) is 44.9 Å². The van der Waals surface area contributed by atoms with E-state index in [2.05, 4.69) is 24.0 Å². The molecule has 4 heteroatoms. The molecule has 0 radical (unpaired) electrons. The van der Waals surface area contributed by atoms with Crippen LogP contribution in [0.4, 0.5) is 0 Å². The van der Waals surface area contributed by atoms with Crippen molar-refractivity contribution in [3.63, 3.8) is 0 Å². The van der Waals surface area contributed by atoms with Crippen LogP contribution in [0.15, 0.2) is 36.5 Å². The van der Waals surface area contributed by atoms with Crippen LogP contribution in [0.3, 0.4) is 0 Å². The molecule has 0 rings (SSSR count). The molecule has 0 aliphatic rings. The monoisotopic (exact) mass is 310 g/mol. The summed E-state index contributed by atoms with van der Waals surface area (Å²) in [7, 11) is 0. The van der Waals surface area contributed by atoms with Crippen LogP contribution in [0.1, 0.15) is 64.7 Å². The van der Waals surface area contributed by atoms with Crippen molar-refractivity contribution < 1.29 is 20.0 Å². The Labute approximate surface area is 134 Å². The minimum Gasteiger partial charge on any atom is -0.478 e. The van der Waals surface area contributed by atoms with Crippen LogP contribution in [0.25, 0.3) is 0 Å². The Kier molecular flexibility index (Phi) is 15.0. The topological polar surface area (TPSA) is 66.8 Å². The van der Waals surface area contributed by atoms with Gasteiger partial charge in [0.1, 0.15) is 0 Å². The first-order valence-corrected chi connectivity index (χ1v) is 8.22. The van der Waals surface area contributed by atoms with Gasteiger partial charge in [0.05, 0.1) is 6.10 Å². The SMILES string of the molecule is CCCCCC=CCCC(CCCC=CC=CC(=O)O)OO. The summed E-state index contributed by atoms with van der Waals surface area (Å²) in [6, 6.07) is 0. The van der Waals surface area contributed by atoms with Gasteiger partial charge in [-0.3, -0.25) is 5.26 Å². The van der Waals surface area contributed by atoms with Crippen molar-refractivity contribution in [2.45, 2.75) is 70.8 Å². The molecule has 0 heterocycles. The van der Waals surface area contributed by atoms with Crippen molar-refractivity contribution in [3.05, 3.63) is 36.5 Å². The molecule has 22 heavy (non-hydrogen) atoms. The maximum atomic E-state index is 10.2. The zero-order valence-corrected chi connectivity index (χ0v) is 13.6. The van der Waals surface area contributed by atoms with E-state index < -0.39 is 5.97 Å². The molecule has 0 aliphatic carbocycles. The molecule has 0 aromatic heterocycles. The Balaban J connectivity index is 3.64. The highest BCUT2D eigenvalue weighted by Gasteiger charge is 2.06. The number of rotatable bonds is 14. The average Bonchev–Trinajstić information content (AvgIpc) is 2.50. The van der Waals surface area contributed by atoms with E-state index in [4.69, 9.17) is 10.4 Å². The fraction of sp³-hybridized carbons (Fsp3) is 0.611. The zero-order valence-electron chi connectivity index (χ0n) is 13.6. The van der Waals surface area contributed by atoms with Gasteiger partial charge in [0.15, 0.2) is 0 Å². The molecule has 0 aromatic carbocycles. The summed E-state index contributed by atoms with van der Waals surface area (Å²) in [4.78, 5) is 14.7. The van der Waals surface area contributed by atoms with Crippen molar-refractivity contribution in [1.82, 2.24) is 0 Å². The summed E-state index contributed by atoms with van der Waals surface area (Å²) in [6.45, 7) is 2.20. The zero-order chi connectivity index (χ0) is 16.5. The van der Waals surface area contributed by atoms with E-state index in [-0.39, 0.29) is 6.10 Å². The summed E-state index contributed by atoms with van der Waals surface area (Å²) >= 11 is 0. The predicted molar refractivity (Wildman–Crippen MR) is 89.8 cm³/mol. The molecule has 1 unspecified atom stereocenters. The predicted octanol–water partition coefficient (Wildman–Crippen LogP) is 5.13. The number of carbonyl (C=O) groups is 1. The normalized spacial score (nSPS) is 13.5. The number of aliphatic carboxylic acids is 1. The van der Waals surface area contributed by atoms with Gasteiger partial charge in [-0.15, -0.1) is 0 Å². The van der Waals surface area contributed by atoms with Crippen LogP contribution in [0.5, 0.6) is 0 Å². The third kappa shape index (κ3) is 15.0. The third-order valence-electron chi connectivity index (χ3n) is 3.33. The van der Waals surface area contributed by atoms with Gasteiger partial charge in [-0.1, -0.05) is 50.1 Å². The molecule has 0 saturated carbocycles. The molecule has 1 atom stereocenters. The molecule has 0 spiro atoms. The van der Waals surface area contributed by atoms with Gasteiger partial charge in [0, 0.05) is 6.08 Å². The molecule has 0 aliphatic heterocycles. The first-order valence-electron chi connectivity index (χ1n) is 8.22. The maximum Gasteiger partial charge on any atom is 0.328 e. The Bertz CT molecular complexity index is 345. The van der Waals surface area contributed by atoms with Crippen LogP contribution in [-0.4, -0.2) is 22.4 Å². The lowest BCUT2D eigenvalue weighted by Crippen LogP contribution is -2.09. The van der Waals surface area contributed by atoms with Crippen LogP contribution in [-0.2, 0) is 9.68 Å². The molecule has 0 amide bonds. The molecule has 0 saturated heterocycles. The Morgan fingerprint density at radius 3 is 2.41 bits per heavy atom. The van der Waals surface area contributed by atoms with Gasteiger partial charge < -0.3 is 5.11 Å². The first-order chi connectivity index (χ1) is 10.7. The van der Waals surface area contributed by atoms with Crippen molar-refractivity contribution in [2.75, 3.05) is 0 Å². The van der Waals surface area contributed by atoms with Crippen molar-refractivity contribution in [3.8, 4) is 0 Å². The number of unbranched alkanes of at least 4 members (excludes halogenated alkanes) is 4. The van der Waals surface area contributed by atoms with Crippen molar-refractivity contribution in [1.29, 1.82) is 0 Å². The smallest absolute Gasteiger partial charge is 0.328 e. The lowest BCUT2D eigenvalue weighted by atomic mass is 10.1. The van der Waals surface area contributed by atoms with E-state index in [0.717, 1.165) is 44.6 Å². The van der Waals surface area contributed by atoms with E-state index in [9.17, 15) is 4.79 Å². The standard InChI is InChI=1S/C18H30O4/c1-2-3-4-5-6-8-11-14-17(22-21)15-12-9-7-10-13-16-18(19)20/h6-8,10,13,16-17,21H,2-5,9,11-12,14-15H2,1H3,(H,19,20). The summed E-state index contributed by atoms with van der Waals surface area (Å²) < 4.78 is 0. The molecule has 0 bridgehead atoms. The molecular weight excluding hydrogens is 280 g/mol. The van der Waals surface area contributed by atoms with Crippen LogP contribution in [0.2, 0.25) is 0 Å². The lowest BCUT2D eigenvalue weighted by molar-refractivity contribution is -0.280. The first kappa shape index (κ1) is 20.6. The lowest BCUT2D eigenvalue weighted by Gasteiger charge is -2.11. The molecule has 4 nitrogen and oxygen atoms in total. The Hall–Kier alpha value is -1.39. The number of hydrogen-bond donors (Lipinski definition) is 2. The van der Waals surface area contributed by atoms with Crippen LogP contribution < -0.4 is 0 Å². The highest BCUT2D eigenvalue weighted by Crippen LogP contribution is 2.11. The molecule has 126 valence electrons. The summed E-state index contributed by atoms with van der Waals surface area (Å²) in [5, 5.41) is 17.3. The fourth-order valence-corrected chi connectivity index (χ4v) is 2.06. The van der Waals surface area contributed by atoms with E-state index in [1.165, 1.54) is 25.3 Å². The second-order valence-corrected chi connectivity index (χ2v) is 5.33. The van der Waals surface area contributed by atoms with Gasteiger partial charge in [-0.25, -0.2) is 9.68 Å². The number of carboxylic acids is 1. The summed E-state index contributed by atoms with van der Waals surface area (Å²) in [5.41, 5.74) is 0. The molecular formula is C18H30O4. The average molecular weight is 310 g/mol. The van der Waals surface area contributed by atoms with Gasteiger partial charge in [0.2, 0.25) is 0 Å².